The summed E-state index contributed by atoms with van der Waals surface area (Å²) in [5.74, 6) is -1.36. The smallest absolute Gasteiger partial charge is 0.334 e. The van der Waals surface area contributed by atoms with Crippen LogP contribution in [0.2, 0.25) is 0 Å². The van der Waals surface area contributed by atoms with E-state index in [0.29, 0.717) is 25.7 Å². The second-order valence-electron chi connectivity index (χ2n) is 8.04. The lowest BCUT2D eigenvalue weighted by atomic mass is 9.85. The number of unbranched alkanes of at least 4 members (excludes halogenated alkanes) is 2. The van der Waals surface area contributed by atoms with Gasteiger partial charge in [0, 0.05) is 18.8 Å². The van der Waals surface area contributed by atoms with Crippen LogP contribution in [-0.2, 0) is 9.59 Å². The molecule has 0 radical (unpaired) electrons. The molecule has 1 saturated carbocycles. The Morgan fingerprint density at radius 1 is 1.17 bits per heavy atom. The molecule has 0 aromatic carbocycles. The van der Waals surface area contributed by atoms with E-state index in [-0.39, 0.29) is 47.9 Å². The summed E-state index contributed by atoms with van der Waals surface area (Å²) in [6.07, 6.45) is 7.43. The highest BCUT2D eigenvalue weighted by atomic mass is 16.4. The van der Waals surface area contributed by atoms with Gasteiger partial charge in [-0.25, -0.2) is 4.79 Å². The lowest BCUT2D eigenvalue weighted by Crippen LogP contribution is -2.21. The maximum absolute atomic E-state index is 12.2. The molecule has 0 bridgehead atoms. The Kier molecular flexibility index (Phi) is 14.9. The second kappa shape index (κ2) is 15.9. The van der Waals surface area contributed by atoms with Gasteiger partial charge in [-0.15, -0.1) is 0 Å². The highest BCUT2D eigenvalue weighted by Gasteiger charge is 2.40. The fraction of sp³-hybridized carbons (Fsp3) is 0.739. The molecule has 30 heavy (non-hydrogen) atoms. The summed E-state index contributed by atoms with van der Waals surface area (Å²) in [6, 6.07) is 0. The van der Waals surface area contributed by atoms with Gasteiger partial charge in [-0.05, 0) is 44.9 Å². The molecule has 1 unspecified atom stereocenters. The number of aliphatic carboxylic acids is 1. The van der Waals surface area contributed by atoms with Gasteiger partial charge in [-0.2, -0.15) is 0 Å². The fourth-order valence-corrected chi connectivity index (χ4v) is 3.93. The summed E-state index contributed by atoms with van der Waals surface area (Å²) in [6.45, 7) is 6.38. The zero-order valence-corrected chi connectivity index (χ0v) is 18.4. The van der Waals surface area contributed by atoms with Crippen LogP contribution in [0.3, 0.4) is 0 Å². The van der Waals surface area contributed by atoms with Crippen molar-refractivity contribution in [2.75, 3.05) is 0 Å². The number of carbonyl (C=O) groups excluding carboxylic acids is 1. The first kappa shape index (κ1) is 28.1. The van der Waals surface area contributed by atoms with Gasteiger partial charge in [-0.1, -0.05) is 39.2 Å². The van der Waals surface area contributed by atoms with Gasteiger partial charge in [0.2, 0.25) is 0 Å². The zero-order valence-electron chi connectivity index (χ0n) is 18.4. The van der Waals surface area contributed by atoms with Crippen molar-refractivity contribution in [3.05, 3.63) is 24.2 Å². The third kappa shape index (κ3) is 10.8. The number of carboxylic acid groups (broad SMARTS) is 1. The Morgan fingerprint density at radius 2 is 1.77 bits per heavy atom. The van der Waals surface area contributed by atoms with Crippen LogP contribution in [-0.4, -0.2) is 49.5 Å². The first-order valence-electron chi connectivity index (χ1n) is 10.9. The van der Waals surface area contributed by atoms with Crippen LogP contribution in [0.4, 0.5) is 0 Å². The summed E-state index contributed by atoms with van der Waals surface area (Å²) in [7, 11) is 0. The van der Waals surface area contributed by atoms with E-state index in [1.165, 1.54) is 6.92 Å². The highest BCUT2D eigenvalue weighted by Crippen LogP contribution is 2.36. The number of ketones is 1. The van der Waals surface area contributed by atoms with Crippen molar-refractivity contribution in [2.45, 2.75) is 96.7 Å². The number of aliphatic hydroxyl groups is 4. The van der Waals surface area contributed by atoms with E-state index in [2.05, 4.69) is 13.5 Å². The van der Waals surface area contributed by atoms with Crippen molar-refractivity contribution in [3.63, 3.8) is 0 Å². The SMILES string of the molecule is C=CO.CCCCC(O)CCC[C@H]1[C@H](O)CC(=O)[C@@H]1CCCCC(O)=C(C)C(=O)O. The molecular formula is C23H40O7. The van der Waals surface area contributed by atoms with Gasteiger partial charge < -0.3 is 25.5 Å². The summed E-state index contributed by atoms with van der Waals surface area (Å²) < 4.78 is 0. The minimum Gasteiger partial charge on any atom is -0.516 e. The molecule has 5 N–H and O–H groups in total. The number of Topliss-reactive ketones (excluding diaryl/α,β-unsaturated/α-hetero) is 1. The Hall–Kier alpha value is -1.86. The first-order chi connectivity index (χ1) is 14.2. The molecule has 7 heteroatoms. The summed E-state index contributed by atoms with van der Waals surface area (Å²) in [5.41, 5.74) is -0.0399. The van der Waals surface area contributed by atoms with E-state index < -0.39 is 12.1 Å². The summed E-state index contributed by atoms with van der Waals surface area (Å²) in [4.78, 5) is 23.0. The lowest BCUT2D eigenvalue weighted by molar-refractivity contribution is -0.132. The minimum absolute atomic E-state index is 0.0399. The molecule has 0 amide bonds. The van der Waals surface area contributed by atoms with Crippen LogP contribution in [0, 0.1) is 11.8 Å². The topological polar surface area (TPSA) is 135 Å². The standard InChI is InChI=1S/C21H36O6.C2H4O/c1-3-4-8-15(22)9-7-11-17-16(19(24)13-20(17)25)10-5-6-12-18(23)14(2)21(26)27;1-2-3/h15-17,20,22-23,25H,3-13H2,1-2H3,(H,26,27);2-3H,1H2/t15?,16-,17-,20-;/m1./s1. The van der Waals surface area contributed by atoms with Gasteiger partial charge in [0.1, 0.15) is 11.5 Å². The molecule has 7 nitrogen and oxygen atoms in total. The van der Waals surface area contributed by atoms with Crippen molar-refractivity contribution in [1.29, 1.82) is 0 Å². The van der Waals surface area contributed by atoms with Gasteiger partial charge in [0.15, 0.2) is 0 Å². The Labute approximate surface area is 180 Å². The third-order valence-electron chi connectivity index (χ3n) is 5.73. The third-order valence-corrected chi connectivity index (χ3v) is 5.73. The average molecular weight is 429 g/mol. The Morgan fingerprint density at radius 3 is 2.33 bits per heavy atom. The quantitative estimate of drug-likeness (QED) is 0.166. The predicted molar refractivity (Wildman–Crippen MR) is 116 cm³/mol. The Bertz CT molecular complexity index is 556. The van der Waals surface area contributed by atoms with Crippen LogP contribution in [0.5, 0.6) is 0 Å². The molecule has 1 fully saturated rings. The van der Waals surface area contributed by atoms with Crippen molar-refractivity contribution in [1.82, 2.24) is 0 Å². The number of allylic oxidation sites excluding steroid dienone is 1. The monoisotopic (exact) mass is 428 g/mol. The number of hydrogen-bond donors (Lipinski definition) is 5. The summed E-state index contributed by atoms with van der Waals surface area (Å²) >= 11 is 0. The van der Waals surface area contributed by atoms with E-state index in [1.807, 2.05) is 0 Å². The molecule has 0 spiro atoms. The Balaban J connectivity index is 0.00000263. The van der Waals surface area contributed by atoms with Gasteiger partial charge in [0.05, 0.1) is 24.0 Å². The number of hydrogen-bond acceptors (Lipinski definition) is 6. The van der Waals surface area contributed by atoms with E-state index in [0.717, 1.165) is 38.4 Å². The first-order valence-corrected chi connectivity index (χ1v) is 10.9. The van der Waals surface area contributed by atoms with Crippen molar-refractivity contribution in [2.24, 2.45) is 11.8 Å². The van der Waals surface area contributed by atoms with Gasteiger partial charge in [-0.3, -0.25) is 4.79 Å². The van der Waals surface area contributed by atoms with E-state index in [1.54, 1.807) is 0 Å². The molecule has 0 aromatic heterocycles. The van der Waals surface area contributed by atoms with Crippen LogP contribution >= 0.6 is 0 Å². The van der Waals surface area contributed by atoms with E-state index in [9.17, 15) is 24.9 Å². The normalized spacial score (nSPS) is 22.7. The lowest BCUT2D eigenvalue weighted by Gasteiger charge is -2.21. The van der Waals surface area contributed by atoms with Crippen LogP contribution in [0.15, 0.2) is 24.2 Å². The molecule has 0 aliphatic heterocycles. The minimum atomic E-state index is -1.12. The zero-order chi connectivity index (χ0) is 23.1. The van der Waals surface area contributed by atoms with Gasteiger partial charge >= 0.3 is 5.97 Å². The van der Waals surface area contributed by atoms with Crippen molar-refractivity contribution < 1.29 is 35.1 Å². The van der Waals surface area contributed by atoms with Crippen LogP contribution in [0.25, 0.3) is 0 Å². The van der Waals surface area contributed by atoms with Gasteiger partial charge in [0.25, 0.3) is 0 Å². The molecule has 174 valence electrons. The molecule has 0 saturated heterocycles. The number of aliphatic hydroxyl groups excluding tert-OH is 4. The fourth-order valence-electron chi connectivity index (χ4n) is 3.93. The molecule has 1 aliphatic carbocycles. The average Bonchev–Trinajstić information content (AvgIpc) is 2.96. The highest BCUT2D eigenvalue weighted by molar-refractivity contribution is 5.86. The molecule has 1 aliphatic rings. The molecular weight excluding hydrogens is 388 g/mol. The second-order valence-corrected chi connectivity index (χ2v) is 8.04. The predicted octanol–water partition coefficient (Wildman–Crippen LogP) is 4.44. The largest absolute Gasteiger partial charge is 0.516 e. The van der Waals surface area contributed by atoms with Crippen LogP contribution in [0.1, 0.15) is 84.5 Å². The number of rotatable bonds is 13. The molecule has 4 atom stereocenters. The van der Waals surface area contributed by atoms with Crippen molar-refractivity contribution in [3.8, 4) is 0 Å². The van der Waals surface area contributed by atoms with E-state index >= 15 is 0 Å². The van der Waals surface area contributed by atoms with Crippen LogP contribution < -0.4 is 0 Å². The molecule has 1 rings (SSSR count). The number of carboxylic acids is 1. The van der Waals surface area contributed by atoms with Crippen molar-refractivity contribution >= 4 is 11.8 Å². The summed E-state index contributed by atoms with van der Waals surface area (Å²) in [5, 5.41) is 46.1. The number of carbonyl (C=O) groups is 2. The maximum atomic E-state index is 12.2. The molecule has 0 heterocycles. The molecule has 0 aromatic rings. The van der Waals surface area contributed by atoms with E-state index in [4.69, 9.17) is 10.2 Å². The maximum Gasteiger partial charge on any atom is 0.334 e.